The van der Waals surface area contributed by atoms with Crippen molar-refractivity contribution in [3.8, 4) is 0 Å². The monoisotopic (exact) mass is 452 g/mol. The lowest BCUT2D eigenvalue weighted by molar-refractivity contribution is -0.144. The average Bonchev–Trinajstić information content (AvgIpc) is 3.25. The van der Waals surface area contributed by atoms with Gasteiger partial charge in [-0.2, -0.15) is 0 Å². The Balaban J connectivity index is 1.89. The van der Waals surface area contributed by atoms with Gasteiger partial charge in [0.15, 0.2) is 0 Å². The number of nitrogens with zero attached hydrogens (tertiary/aromatic N) is 2. The molecule has 0 spiro atoms. The van der Waals surface area contributed by atoms with E-state index in [4.69, 9.17) is 16.3 Å². The Morgan fingerprint density at radius 2 is 2.13 bits per heavy atom. The average molecular weight is 453 g/mol. The van der Waals surface area contributed by atoms with E-state index in [2.05, 4.69) is 20.0 Å². The summed E-state index contributed by atoms with van der Waals surface area (Å²) in [5.74, 6) is -1.78. The highest BCUT2D eigenvalue weighted by atomic mass is 35.5. The van der Waals surface area contributed by atoms with Gasteiger partial charge in [-0.15, -0.1) is 0 Å². The minimum absolute atomic E-state index is 0.0111. The molecule has 1 aromatic carbocycles. The van der Waals surface area contributed by atoms with Crippen LogP contribution in [0, 0.1) is 5.82 Å². The summed E-state index contributed by atoms with van der Waals surface area (Å²) >= 11 is 6.07. The van der Waals surface area contributed by atoms with Gasteiger partial charge in [-0.05, 0) is 24.6 Å². The topological polar surface area (TPSA) is 114 Å². The Bertz CT molecular complexity index is 982. The summed E-state index contributed by atoms with van der Waals surface area (Å²) in [6.45, 7) is 0.239. The highest BCUT2D eigenvalue weighted by Crippen LogP contribution is 2.35. The summed E-state index contributed by atoms with van der Waals surface area (Å²) < 4.78 is 24.0. The number of imidazole rings is 1. The summed E-state index contributed by atoms with van der Waals surface area (Å²) in [7, 11) is 2.41. The Labute approximate surface area is 182 Å². The third-order valence-corrected chi connectivity index (χ3v) is 5.32. The number of ether oxygens (including phenoxy) is 2. The van der Waals surface area contributed by atoms with E-state index < -0.39 is 35.9 Å². The molecule has 9 nitrogen and oxygen atoms in total. The van der Waals surface area contributed by atoms with Crippen molar-refractivity contribution in [2.75, 3.05) is 20.8 Å². The van der Waals surface area contributed by atoms with Crippen LogP contribution in [0.4, 0.5) is 9.18 Å². The highest BCUT2D eigenvalue weighted by molar-refractivity contribution is 6.30. The minimum atomic E-state index is -1.08. The van der Waals surface area contributed by atoms with Gasteiger partial charge >= 0.3 is 18.0 Å². The number of carbonyl (C=O) groups excluding carboxylic acids is 3. The van der Waals surface area contributed by atoms with Crippen molar-refractivity contribution in [2.45, 2.75) is 31.3 Å². The molecular formula is C20H22ClFN4O5. The van der Waals surface area contributed by atoms with Gasteiger partial charge in [0.05, 0.1) is 26.2 Å². The number of urea groups is 1. The first kappa shape index (κ1) is 22.5. The first-order chi connectivity index (χ1) is 14.8. The number of hydrogen-bond donors (Lipinski definition) is 2. The van der Waals surface area contributed by atoms with Gasteiger partial charge in [0.2, 0.25) is 0 Å². The number of rotatable bonds is 6. The van der Waals surface area contributed by atoms with Gasteiger partial charge in [0.25, 0.3) is 0 Å². The van der Waals surface area contributed by atoms with Crippen molar-refractivity contribution in [2.24, 2.45) is 0 Å². The number of amides is 2. The molecule has 2 amide bonds. The predicted molar refractivity (Wildman–Crippen MR) is 108 cm³/mol. The van der Waals surface area contributed by atoms with Gasteiger partial charge in [-0.3, -0.25) is 4.79 Å². The van der Waals surface area contributed by atoms with E-state index in [0.29, 0.717) is 17.1 Å². The maximum absolute atomic E-state index is 14.7. The van der Waals surface area contributed by atoms with Crippen LogP contribution in [-0.4, -0.2) is 59.6 Å². The van der Waals surface area contributed by atoms with E-state index in [1.807, 2.05) is 0 Å². The molecule has 1 aromatic heterocycles. The zero-order valence-corrected chi connectivity index (χ0v) is 17.7. The van der Waals surface area contributed by atoms with Gasteiger partial charge in [-0.25, -0.2) is 19.0 Å². The molecule has 0 saturated heterocycles. The number of nitrogens with one attached hydrogen (secondary N) is 2. The second-order valence-corrected chi connectivity index (χ2v) is 7.35. The molecule has 2 aromatic rings. The fraction of sp³-hybridized carbons (Fsp3) is 0.400. The summed E-state index contributed by atoms with van der Waals surface area (Å²) in [6, 6.07) is 1.52. The van der Waals surface area contributed by atoms with Crippen molar-refractivity contribution in [3.63, 3.8) is 0 Å². The molecule has 2 atom stereocenters. The first-order valence-corrected chi connectivity index (χ1v) is 9.92. The molecule has 0 aliphatic carbocycles. The molecule has 1 aliphatic rings. The van der Waals surface area contributed by atoms with Crippen molar-refractivity contribution in [3.05, 3.63) is 52.3 Å². The molecule has 31 heavy (non-hydrogen) atoms. The van der Waals surface area contributed by atoms with Gasteiger partial charge < -0.3 is 24.7 Å². The van der Waals surface area contributed by atoms with Crippen molar-refractivity contribution >= 4 is 29.6 Å². The number of fused-ring (bicyclic) bond motifs is 1. The number of hydrogen-bond acceptors (Lipinski definition) is 6. The van der Waals surface area contributed by atoms with Crippen LogP contribution in [0.1, 0.15) is 35.8 Å². The second-order valence-electron chi connectivity index (χ2n) is 6.92. The van der Waals surface area contributed by atoms with Crippen molar-refractivity contribution < 1.29 is 28.2 Å². The van der Waals surface area contributed by atoms with Crippen LogP contribution in [0.2, 0.25) is 5.02 Å². The molecule has 1 unspecified atom stereocenters. The van der Waals surface area contributed by atoms with Crippen LogP contribution in [0.15, 0.2) is 24.5 Å². The number of aromatic nitrogens is 2. The number of methoxy groups -OCH3 is 2. The lowest BCUT2D eigenvalue weighted by atomic mass is 9.95. The molecule has 2 heterocycles. The van der Waals surface area contributed by atoms with E-state index >= 15 is 0 Å². The number of esters is 2. The fourth-order valence-electron chi connectivity index (χ4n) is 3.52. The zero-order valence-electron chi connectivity index (χ0n) is 17.0. The minimum Gasteiger partial charge on any atom is -0.469 e. The smallest absolute Gasteiger partial charge is 0.328 e. The molecule has 2 N–H and O–H groups in total. The van der Waals surface area contributed by atoms with Crippen LogP contribution in [-0.2, 0) is 25.5 Å². The lowest BCUT2D eigenvalue weighted by Crippen LogP contribution is -2.51. The standard InChI is InChI=1S/C20H22ClFN4O5/c1-30-16(27)6-5-15(19(28)31-2)25-20(29)26-8-7-14-17(24-10-23-14)18(26)12-9-11(21)3-4-13(12)22/h3-4,9-10,15,18H,5-8H2,1-2H3,(H,23,24)(H,25,29)/t15-,18?/m0/s1. The number of halogens is 2. The van der Waals surface area contributed by atoms with Crippen molar-refractivity contribution in [1.82, 2.24) is 20.2 Å². The summed E-state index contributed by atoms with van der Waals surface area (Å²) in [5, 5.41) is 2.90. The van der Waals surface area contributed by atoms with Crippen LogP contribution >= 0.6 is 11.6 Å². The molecule has 3 rings (SSSR count). The number of carbonyl (C=O) groups is 3. The first-order valence-electron chi connectivity index (χ1n) is 9.54. The van der Waals surface area contributed by atoms with Crippen LogP contribution in [0.5, 0.6) is 0 Å². The zero-order chi connectivity index (χ0) is 22.5. The fourth-order valence-corrected chi connectivity index (χ4v) is 3.70. The maximum Gasteiger partial charge on any atom is 0.328 e. The Kier molecular flexibility index (Phi) is 7.11. The maximum atomic E-state index is 14.7. The number of aromatic amines is 1. The summed E-state index contributed by atoms with van der Waals surface area (Å²) in [4.78, 5) is 45.4. The molecule has 11 heteroatoms. The van der Waals surface area contributed by atoms with Crippen LogP contribution in [0.25, 0.3) is 0 Å². The third kappa shape index (κ3) is 4.96. The quantitative estimate of drug-likeness (QED) is 0.650. The van der Waals surface area contributed by atoms with Gasteiger partial charge in [0.1, 0.15) is 17.9 Å². The Morgan fingerprint density at radius 3 is 2.84 bits per heavy atom. The van der Waals surface area contributed by atoms with E-state index in [1.165, 1.54) is 43.6 Å². The molecule has 0 saturated carbocycles. The van der Waals surface area contributed by atoms with Crippen molar-refractivity contribution in [1.29, 1.82) is 0 Å². The number of benzene rings is 1. The molecular weight excluding hydrogens is 431 g/mol. The molecule has 0 bridgehead atoms. The van der Waals surface area contributed by atoms with E-state index in [9.17, 15) is 18.8 Å². The predicted octanol–water partition coefficient (Wildman–Crippen LogP) is 2.35. The Hall–Kier alpha value is -3.14. The van der Waals surface area contributed by atoms with Gasteiger partial charge in [0, 0.05) is 35.7 Å². The van der Waals surface area contributed by atoms with Crippen LogP contribution < -0.4 is 5.32 Å². The molecule has 166 valence electrons. The second kappa shape index (κ2) is 9.78. The van der Waals surface area contributed by atoms with Crippen LogP contribution in [0.3, 0.4) is 0 Å². The Morgan fingerprint density at radius 1 is 1.35 bits per heavy atom. The largest absolute Gasteiger partial charge is 0.469 e. The lowest BCUT2D eigenvalue weighted by Gasteiger charge is -2.36. The highest BCUT2D eigenvalue weighted by Gasteiger charge is 2.37. The SMILES string of the molecule is COC(=O)CC[C@H](NC(=O)N1CCc2[nH]cnc2C1c1cc(Cl)ccc1F)C(=O)OC. The van der Waals surface area contributed by atoms with E-state index in [1.54, 1.807) is 0 Å². The summed E-state index contributed by atoms with van der Waals surface area (Å²) in [5.41, 5.74) is 1.45. The normalized spacial score (nSPS) is 16.3. The van der Waals surface area contributed by atoms with Gasteiger partial charge in [-0.1, -0.05) is 11.6 Å². The summed E-state index contributed by atoms with van der Waals surface area (Å²) in [6.07, 6.45) is 1.84. The third-order valence-electron chi connectivity index (χ3n) is 5.09. The molecule has 0 fully saturated rings. The molecule has 1 aliphatic heterocycles. The van der Waals surface area contributed by atoms with E-state index in [-0.39, 0.29) is 24.9 Å². The molecule has 0 radical (unpaired) electrons. The van der Waals surface area contributed by atoms with E-state index in [0.717, 1.165) is 5.69 Å². The number of H-pyrrole nitrogens is 1.